The quantitative estimate of drug-likeness (QED) is 0.401. The lowest BCUT2D eigenvalue weighted by Gasteiger charge is -2.04. The minimum Gasteiger partial charge on any atom is -0.493 e. The summed E-state index contributed by atoms with van der Waals surface area (Å²) in [7, 11) is 0. The highest BCUT2D eigenvalue weighted by atomic mass is 79.9. The van der Waals surface area contributed by atoms with Crippen molar-refractivity contribution >= 4 is 49.8 Å². The molecule has 3 rings (SSSR count). The Kier molecular flexibility index (Phi) is 6.12. The summed E-state index contributed by atoms with van der Waals surface area (Å²) < 4.78 is 7.68. The van der Waals surface area contributed by atoms with E-state index in [1.807, 2.05) is 36.4 Å². The molecule has 0 atom stereocenters. The van der Waals surface area contributed by atoms with E-state index in [0.717, 1.165) is 31.1 Å². The second-order valence-corrected chi connectivity index (χ2v) is 8.25. The number of nitrogens with one attached hydrogen (secondary N) is 1. The average Bonchev–Trinajstić information content (AvgIpc) is 3.03. The van der Waals surface area contributed by atoms with Crippen LogP contribution < -0.4 is 10.1 Å². The second-order valence-electron chi connectivity index (χ2n) is 5.01. The third-order valence-electron chi connectivity index (χ3n) is 3.10. The summed E-state index contributed by atoms with van der Waals surface area (Å²) in [5.41, 5.74) is 2.26. The van der Waals surface area contributed by atoms with Gasteiger partial charge in [-0.2, -0.15) is 0 Å². The summed E-state index contributed by atoms with van der Waals surface area (Å²) in [6, 6.07) is 16.0. The van der Waals surface area contributed by atoms with Gasteiger partial charge in [-0.05, 0) is 43.3 Å². The van der Waals surface area contributed by atoms with Gasteiger partial charge in [-0.1, -0.05) is 56.7 Å². The fraction of sp³-hybridized carbons (Fsp3) is 0.176. The van der Waals surface area contributed by atoms with Crippen LogP contribution in [-0.4, -0.2) is 22.6 Å². The van der Waals surface area contributed by atoms with Gasteiger partial charge in [0.05, 0.1) is 6.61 Å². The van der Waals surface area contributed by atoms with Gasteiger partial charge in [-0.25, -0.2) is 0 Å². The maximum atomic E-state index is 5.70. The molecule has 0 aliphatic heterocycles. The fourth-order valence-corrected chi connectivity index (χ4v) is 3.82. The number of rotatable bonds is 7. The highest BCUT2D eigenvalue weighted by molar-refractivity contribution is 9.10. The Bertz CT molecular complexity index is 775. The first-order chi connectivity index (χ1) is 11.7. The van der Waals surface area contributed by atoms with Crippen molar-refractivity contribution in [1.29, 1.82) is 0 Å². The summed E-state index contributed by atoms with van der Waals surface area (Å²) in [6.07, 6.45) is 0. The molecule has 0 saturated carbocycles. The number of hydrogen-bond donors (Lipinski definition) is 1. The van der Waals surface area contributed by atoms with E-state index in [1.165, 1.54) is 5.56 Å². The summed E-state index contributed by atoms with van der Waals surface area (Å²) in [6.45, 7) is 2.70. The Labute approximate surface area is 157 Å². The van der Waals surface area contributed by atoms with E-state index in [2.05, 4.69) is 50.5 Å². The average molecular weight is 422 g/mol. The summed E-state index contributed by atoms with van der Waals surface area (Å²) in [4.78, 5) is 0. The Morgan fingerprint density at radius 2 is 1.83 bits per heavy atom. The van der Waals surface area contributed by atoms with Gasteiger partial charge in [-0.3, -0.25) is 0 Å². The Hall–Kier alpha value is -1.57. The topological polar surface area (TPSA) is 47.0 Å². The van der Waals surface area contributed by atoms with Crippen molar-refractivity contribution in [3.63, 3.8) is 0 Å². The minimum absolute atomic E-state index is 0.632. The molecule has 0 fully saturated rings. The molecule has 0 spiro atoms. The zero-order valence-electron chi connectivity index (χ0n) is 13.0. The van der Waals surface area contributed by atoms with E-state index in [1.54, 1.807) is 23.1 Å². The number of aryl methyl sites for hydroxylation is 1. The van der Waals surface area contributed by atoms with Crippen LogP contribution in [0.3, 0.4) is 0 Å². The van der Waals surface area contributed by atoms with Crippen molar-refractivity contribution in [2.45, 2.75) is 11.3 Å². The molecular weight excluding hydrogens is 406 g/mol. The lowest BCUT2D eigenvalue weighted by molar-refractivity contribution is 0.344. The van der Waals surface area contributed by atoms with E-state index >= 15 is 0 Å². The maximum Gasteiger partial charge on any atom is 0.210 e. The molecule has 4 nitrogen and oxygen atoms in total. The number of halogens is 1. The van der Waals surface area contributed by atoms with Gasteiger partial charge in [0.15, 0.2) is 4.34 Å². The van der Waals surface area contributed by atoms with Crippen LogP contribution in [0.15, 0.2) is 57.3 Å². The first-order valence-corrected chi connectivity index (χ1v) is 9.97. The number of thioether (sulfide) groups is 1. The number of hydrogen-bond acceptors (Lipinski definition) is 6. The minimum atomic E-state index is 0.632. The fourth-order valence-electron chi connectivity index (χ4n) is 1.90. The molecule has 0 saturated heterocycles. The van der Waals surface area contributed by atoms with Crippen LogP contribution in [-0.2, 0) is 0 Å². The number of nitrogens with zero attached hydrogens (tertiary/aromatic N) is 2. The Morgan fingerprint density at radius 1 is 1.08 bits per heavy atom. The van der Waals surface area contributed by atoms with Crippen molar-refractivity contribution in [2.75, 3.05) is 17.7 Å². The Morgan fingerprint density at radius 3 is 2.58 bits per heavy atom. The molecule has 1 N–H and O–H groups in total. The van der Waals surface area contributed by atoms with E-state index in [9.17, 15) is 0 Å². The van der Waals surface area contributed by atoms with Crippen LogP contribution in [0, 0.1) is 6.92 Å². The molecule has 7 heteroatoms. The van der Waals surface area contributed by atoms with E-state index in [-0.39, 0.29) is 0 Å². The van der Waals surface area contributed by atoms with Gasteiger partial charge in [-0.15, -0.1) is 10.2 Å². The van der Waals surface area contributed by atoms with Gasteiger partial charge >= 0.3 is 0 Å². The van der Waals surface area contributed by atoms with Gasteiger partial charge in [0.1, 0.15) is 5.75 Å². The molecule has 0 amide bonds. The number of benzene rings is 2. The highest BCUT2D eigenvalue weighted by Crippen LogP contribution is 2.27. The molecule has 0 radical (unpaired) electrons. The predicted octanol–water partition coefficient (Wildman–Crippen LogP) is 5.52. The number of anilines is 2. The second kappa shape index (κ2) is 8.50. The van der Waals surface area contributed by atoms with Gasteiger partial charge < -0.3 is 10.1 Å². The zero-order valence-corrected chi connectivity index (χ0v) is 16.2. The van der Waals surface area contributed by atoms with Gasteiger partial charge in [0, 0.05) is 15.9 Å². The van der Waals surface area contributed by atoms with Crippen LogP contribution in [0.1, 0.15) is 5.56 Å². The summed E-state index contributed by atoms with van der Waals surface area (Å²) in [5.74, 6) is 1.70. The molecule has 0 aliphatic rings. The van der Waals surface area contributed by atoms with Crippen LogP contribution >= 0.6 is 39.0 Å². The molecule has 1 aromatic heterocycles. The van der Waals surface area contributed by atoms with E-state index in [4.69, 9.17) is 4.74 Å². The van der Waals surface area contributed by atoms with Crippen molar-refractivity contribution in [1.82, 2.24) is 10.2 Å². The molecular formula is C17H16BrN3OS2. The van der Waals surface area contributed by atoms with Crippen LogP contribution in [0.5, 0.6) is 5.75 Å². The summed E-state index contributed by atoms with van der Waals surface area (Å²) in [5, 5.41) is 12.4. The maximum absolute atomic E-state index is 5.70. The molecule has 2 aromatic carbocycles. The molecule has 0 aliphatic carbocycles. The van der Waals surface area contributed by atoms with Crippen molar-refractivity contribution in [3.05, 3.63) is 58.6 Å². The van der Waals surface area contributed by atoms with Crippen LogP contribution in [0.25, 0.3) is 0 Å². The van der Waals surface area contributed by atoms with Crippen molar-refractivity contribution in [3.8, 4) is 5.75 Å². The third-order valence-corrected chi connectivity index (χ3v) is 5.57. The van der Waals surface area contributed by atoms with Gasteiger partial charge in [0.25, 0.3) is 0 Å². The third kappa shape index (κ3) is 5.22. The van der Waals surface area contributed by atoms with E-state index < -0.39 is 0 Å². The first-order valence-electron chi connectivity index (χ1n) is 7.37. The zero-order chi connectivity index (χ0) is 16.8. The van der Waals surface area contributed by atoms with Crippen molar-refractivity contribution < 1.29 is 4.74 Å². The lowest BCUT2D eigenvalue weighted by atomic mass is 10.2. The first kappa shape index (κ1) is 17.3. The number of aromatic nitrogens is 2. The van der Waals surface area contributed by atoms with Gasteiger partial charge in [0.2, 0.25) is 5.13 Å². The summed E-state index contributed by atoms with van der Waals surface area (Å²) >= 11 is 6.60. The molecule has 24 heavy (non-hydrogen) atoms. The smallest absolute Gasteiger partial charge is 0.210 e. The highest BCUT2D eigenvalue weighted by Gasteiger charge is 2.05. The van der Waals surface area contributed by atoms with E-state index in [0.29, 0.717) is 6.61 Å². The Balaban J connectivity index is 1.44. The van der Waals surface area contributed by atoms with Crippen LogP contribution in [0.2, 0.25) is 0 Å². The molecule has 3 aromatic rings. The molecule has 1 heterocycles. The monoisotopic (exact) mass is 421 g/mol. The molecule has 0 unspecified atom stereocenters. The van der Waals surface area contributed by atoms with Crippen LogP contribution in [0.4, 0.5) is 10.8 Å². The predicted molar refractivity (Wildman–Crippen MR) is 105 cm³/mol. The standard InChI is InChI=1S/C17H16BrN3OS2/c1-12-2-6-14(7-3-12)19-16-20-21-17(24-16)23-11-10-22-15-8-4-13(18)5-9-15/h2-9H,10-11H2,1H3,(H,19,20). The SMILES string of the molecule is Cc1ccc(Nc2nnc(SCCOc3ccc(Br)cc3)s2)cc1. The van der Waals surface area contributed by atoms with Crippen molar-refractivity contribution in [2.24, 2.45) is 0 Å². The lowest BCUT2D eigenvalue weighted by Crippen LogP contribution is -1.99. The number of ether oxygens (including phenoxy) is 1. The molecule has 0 bridgehead atoms. The molecule has 124 valence electrons. The largest absolute Gasteiger partial charge is 0.493 e. The normalized spacial score (nSPS) is 10.6.